The number of nitrogens with two attached hydrogens (primary N) is 1. The molecular weight excluding hydrogens is 278 g/mol. The van der Waals surface area contributed by atoms with Crippen LogP contribution < -0.4 is 11.1 Å². The van der Waals surface area contributed by atoms with E-state index >= 15 is 0 Å². The van der Waals surface area contributed by atoms with Crippen molar-refractivity contribution in [2.75, 3.05) is 30.3 Å². The van der Waals surface area contributed by atoms with E-state index in [4.69, 9.17) is 10.9 Å². The van der Waals surface area contributed by atoms with E-state index in [9.17, 15) is 0 Å². The number of oxime groups is 1. The molecule has 0 aliphatic carbocycles. The summed E-state index contributed by atoms with van der Waals surface area (Å²) in [4.78, 5) is 0. The lowest BCUT2D eigenvalue weighted by Crippen LogP contribution is -2.32. The van der Waals surface area contributed by atoms with Gasteiger partial charge in [0.05, 0.1) is 0 Å². The molecule has 0 aromatic carbocycles. The van der Waals surface area contributed by atoms with Crippen LogP contribution in [0.15, 0.2) is 5.16 Å². The predicted octanol–water partition coefficient (Wildman–Crippen LogP) is 2.37. The van der Waals surface area contributed by atoms with Crippen LogP contribution >= 0.6 is 23.5 Å². The molecule has 1 atom stereocenters. The Balaban J connectivity index is 2.01. The van der Waals surface area contributed by atoms with Gasteiger partial charge in [-0.2, -0.15) is 23.5 Å². The Bertz CT molecular complexity index is 279. The second-order valence-corrected chi connectivity index (χ2v) is 8.16. The van der Waals surface area contributed by atoms with Crippen LogP contribution in [0.4, 0.5) is 0 Å². The van der Waals surface area contributed by atoms with Crippen LogP contribution in [0.2, 0.25) is 0 Å². The Morgan fingerprint density at radius 3 is 2.84 bits per heavy atom. The fourth-order valence-electron chi connectivity index (χ4n) is 2.00. The zero-order valence-corrected chi connectivity index (χ0v) is 13.7. The molecule has 1 saturated heterocycles. The highest BCUT2D eigenvalue weighted by atomic mass is 32.2. The molecule has 0 aromatic rings. The first-order valence-corrected chi connectivity index (χ1v) is 9.14. The van der Waals surface area contributed by atoms with Gasteiger partial charge in [0.25, 0.3) is 0 Å². The van der Waals surface area contributed by atoms with Crippen LogP contribution in [-0.4, -0.2) is 46.6 Å². The maximum Gasteiger partial charge on any atom is 0.144 e. The zero-order valence-electron chi connectivity index (χ0n) is 12.0. The molecule has 0 aromatic heterocycles. The van der Waals surface area contributed by atoms with E-state index in [0.717, 1.165) is 37.6 Å². The van der Waals surface area contributed by atoms with E-state index in [2.05, 4.69) is 34.0 Å². The summed E-state index contributed by atoms with van der Waals surface area (Å²) >= 11 is 4.16. The summed E-state index contributed by atoms with van der Waals surface area (Å²) in [6.07, 6.45) is 3.20. The van der Waals surface area contributed by atoms with Gasteiger partial charge >= 0.3 is 0 Å². The lowest BCUT2D eigenvalue weighted by atomic mass is 9.86. The predicted molar refractivity (Wildman–Crippen MR) is 87.5 cm³/mol. The largest absolute Gasteiger partial charge is 0.409 e. The van der Waals surface area contributed by atoms with Gasteiger partial charge in [0.2, 0.25) is 0 Å². The van der Waals surface area contributed by atoms with Crippen LogP contribution in [0.3, 0.4) is 0 Å². The van der Waals surface area contributed by atoms with Crippen molar-refractivity contribution in [1.82, 2.24) is 5.32 Å². The number of thioether (sulfide) groups is 2. The average molecular weight is 306 g/mol. The molecule has 0 spiro atoms. The summed E-state index contributed by atoms with van der Waals surface area (Å²) in [5, 5.41) is 16.1. The molecule has 1 unspecified atom stereocenters. The Hall–Kier alpha value is -0.0700. The summed E-state index contributed by atoms with van der Waals surface area (Å²) < 4.78 is 0. The van der Waals surface area contributed by atoms with Crippen molar-refractivity contribution < 1.29 is 5.21 Å². The molecule has 0 amide bonds. The van der Waals surface area contributed by atoms with Gasteiger partial charge in [0.15, 0.2) is 0 Å². The lowest BCUT2D eigenvalue weighted by Gasteiger charge is -2.23. The standard InChI is InChI=1S/C13H27N3OS2/c1-13(2,12(14)16-17)5-3-4-6-15-9-11-10-18-7-8-19-11/h11,15,17H,3-10H2,1-2H3,(H2,14,16). The van der Waals surface area contributed by atoms with Gasteiger partial charge in [0.1, 0.15) is 5.84 Å². The highest BCUT2D eigenvalue weighted by Crippen LogP contribution is 2.24. The summed E-state index contributed by atoms with van der Waals surface area (Å²) in [7, 11) is 0. The Morgan fingerprint density at radius 2 is 2.21 bits per heavy atom. The zero-order chi connectivity index (χ0) is 14.1. The summed E-state index contributed by atoms with van der Waals surface area (Å²) in [5.41, 5.74) is 5.46. The third kappa shape index (κ3) is 6.77. The molecule has 1 aliphatic heterocycles. The maximum absolute atomic E-state index is 8.70. The van der Waals surface area contributed by atoms with Gasteiger partial charge < -0.3 is 16.3 Å². The summed E-state index contributed by atoms with van der Waals surface area (Å²) in [6, 6.07) is 0. The third-order valence-electron chi connectivity index (χ3n) is 3.46. The molecule has 1 aliphatic rings. The van der Waals surface area contributed by atoms with E-state index in [-0.39, 0.29) is 5.41 Å². The average Bonchev–Trinajstić information content (AvgIpc) is 2.42. The van der Waals surface area contributed by atoms with E-state index in [1.54, 1.807) is 0 Å². The molecule has 0 radical (unpaired) electrons. The van der Waals surface area contributed by atoms with Gasteiger partial charge in [0, 0.05) is 34.5 Å². The number of amidine groups is 1. The number of nitrogens with zero attached hydrogens (tertiary/aromatic N) is 1. The number of hydrogen-bond donors (Lipinski definition) is 3. The molecular formula is C13H27N3OS2. The van der Waals surface area contributed by atoms with E-state index in [1.165, 1.54) is 17.3 Å². The Labute approximate surface area is 125 Å². The topological polar surface area (TPSA) is 70.6 Å². The van der Waals surface area contributed by atoms with Crippen molar-refractivity contribution in [2.24, 2.45) is 16.3 Å². The van der Waals surface area contributed by atoms with Gasteiger partial charge in [-0.25, -0.2) is 0 Å². The molecule has 19 heavy (non-hydrogen) atoms. The summed E-state index contributed by atoms with van der Waals surface area (Å²) in [6.45, 7) is 6.23. The van der Waals surface area contributed by atoms with E-state index < -0.39 is 0 Å². The van der Waals surface area contributed by atoms with Crippen LogP contribution in [0.1, 0.15) is 33.1 Å². The molecule has 112 valence electrons. The highest BCUT2D eigenvalue weighted by molar-refractivity contribution is 8.06. The van der Waals surface area contributed by atoms with Crippen molar-refractivity contribution in [1.29, 1.82) is 0 Å². The molecule has 0 saturated carbocycles. The quantitative estimate of drug-likeness (QED) is 0.211. The monoisotopic (exact) mass is 305 g/mol. The highest BCUT2D eigenvalue weighted by Gasteiger charge is 2.22. The molecule has 1 heterocycles. The first-order valence-electron chi connectivity index (χ1n) is 6.94. The van der Waals surface area contributed by atoms with Crippen molar-refractivity contribution in [3.8, 4) is 0 Å². The minimum absolute atomic E-state index is 0.204. The van der Waals surface area contributed by atoms with Crippen LogP contribution in [0.25, 0.3) is 0 Å². The number of hydrogen-bond acceptors (Lipinski definition) is 5. The van der Waals surface area contributed by atoms with Gasteiger partial charge in [-0.3, -0.25) is 0 Å². The third-order valence-corrected chi connectivity index (χ3v) is 6.31. The van der Waals surface area contributed by atoms with Crippen molar-refractivity contribution in [2.45, 2.75) is 38.4 Å². The number of unbranched alkanes of at least 4 members (excludes halogenated alkanes) is 1. The molecule has 6 heteroatoms. The van der Waals surface area contributed by atoms with Crippen LogP contribution in [0.5, 0.6) is 0 Å². The maximum atomic E-state index is 8.70. The molecule has 1 fully saturated rings. The SMILES string of the molecule is CC(C)(CCCCNCC1CSCCS1)C(N)=NO. The molecule has 4 nitrogen and oxygen atoms in total. The molecule has 1 rings (SSSR count). The van der Waals surface area contributed by atoms with Gasteiger partial charge in [-0.05, 0) is 19.4 Å². The minimum atomic E-state index is -0.204. The van der Waals surface area contributed by atoms with Crippen molar-refractivity contribution in [3.05, 3.63) is 0 Å². The molecule has 0 bridgehead atoms. The lowest BCUT2D eigenvalue weighted by molar-refractivity contribution is 0.304. The first-order chi connectivity index (χ1) is 9.06. The Morgan fingerprint density at radius 1 is 1.42 bits per heavy atom. The van der Waals surface area contributed by atoms with E-state index in [1.807, 2.05) is 13.8 Å². The van der Waals surface area contributed by atoms with Crippen molar-refractivity contribution >= 4 is 29.4 Å². The fraction of sp³-hybridized carbons (Fsp3) is 0.923. The number of rotatable bonds is 8. The van der Waals surface area contributed by atoms with Gasteiger partial charge in [-0.1, -0.05) is 25.4 Å². The second-order valence-electron chi connectivity index (χ2n) is 5.60. The van der Waals surface area contributed by atoms with Gasteiger partial charge in [-0.15, -0.1) is 0 Å². The Kier molecular flexibility index (Phi) is 8.02. The van der Waals surface area contributed by atoms with Crippen LogP contribution in [0, 0.1) is 5.41 Å². The van der Waals surface area contributed by atoms with Crippen molar-refractivity contribution in [3.63, 3.8) is 0 Å². The smallest absolute Gasteiger partial charge is 0.144 e. The molecule has 4 N–H and O–H groups in total. The van der Waals surface area contributed by atoms with E-state index in [0.29, 0.717) is 5.84 Å². The minimum Gasteiger partial charge on any atom is -0.409 e. The number of nitrogens with one attached hydrogen (secondary N) is 1. The summed E-state index contributed by atoms with van der Waals surface area (Å²) in [5.74, 6) is 4.22. The first kappa shape index (κ1) is 17.0. The fourth-order valence-corrected chi connectivity index (χ4v) is 4.64. The second kappa shape index (κ2) is 8.97. The normalized spacial score (nSPS) is 21.6. The van der Waals surface area contributed by atoms with Crippen LogP contribution in [-0.2, 0) is 0 Å².